The number of phenolic OH excluding ortho intramolecular Hbond substituents is 1. The van der Waals surface area contributed by atoms with Crippen LogP contribution in [0.1, 0.15) is 35.6 Å². The molecule has 2 aromatic carbocycles. The highest BCUT2D eigenvalue weighted by Gasteiger charge is 2.36. The lowest BCUT2D eigenvalue weighted by Gasteiger charge is -2.16. The number of ether oxygens (including phenoxy) is 4. The number of methoxy groups -OCH3 is 1. The molecule has 1 N–H and O–H groups in total. The van der Waals surface area contributed by atoms with Crippen molar-refractivity contribution in [1.82, 2.24) is 0 Å². The Morgan fingerprint density at radius 1 is 1.17 bits per heavy atom. The standard InChI is InChI=1S/C18H18O5/c1-9-12-7-13(19)10(2)17(20-3)18(12)23-16(9)11-4-5-14-15(6-11)22-8-21-14/h4-7,9,16,19H,8H2,1-3H3/t9?,16-/m0/s1. The topological polar surface area (TPSA) is 57.2 Å². The minimum Gasteiger partial charge on any atom is -0.508 e. The third-order valence-electron chi connectivity index (χ3n) is 4.60. The fraction of sp³-hybridized carbons (Fsp3) is 0.333. The summed E-state index contributed by atoms with van der Waals surface area (Å²) in [6, 6.07) is 7.61. The molecule has 2 aliphatic rings. The number of aromatic hydroxyl groups is 1. The van der Waals surface area contributed by atoms with E-state index in [1.54, 1.807) is 13.2 Å². The van der Waals surface area contributed by atoms with Crippen molar-refractivity contribution in [3.8, 4) is 28.7 Å². The summed E-state index contributed by atoms with van der Waals surface area (Å²) in [6.07, 6.45) is -0.158. The summed E-state index contributed by atoms with van der Waals surface area (Å²) < 4.78 is 22.4. The van der Waals surface area contributed by atoms with Crippen molar-refractivity contribution < 1.29 is 24.1 Å². The van der Waals surface area contributed by atoms with E-state index in [1.807, 2.05) is 25.1 Å². The Labute approximate surface area is 134 Å². The van der Waals surface area contributed by atoms with Crippen molar-refractivity contribution >= 4 is 0 Å². The number of fused-ring (bicyclic) bond motifs is 2. The Morgan fingerprint density at radius 2 is 1.96 bits per heavy atom. The molecule has 5 heteroatoms. The number of hydrogen-bond acceptors (Lipinski definition) is 5. The molecule has 2 atom stereocenters. The van der Waals surface area contributed by atoms with Crippen LogP contribution in [0.5, 0.6) is 28.7 Å². The highest BCUT2D eigenvalue weighted by molar-refractivity contribution is 5.61. The van der Waals surface area contributed by atoms with Gasteiger partial charge >= 0.3 is 0 Å². The van der Waals surface area contributed by atoms with Crippen molar-refractivity contribution in [2.24, 2.45) is 0 Å². The van der Waals surface area contributed by atoms with Gasteiger partial charge in [0.2, 0.25) is 6.79 Å². The summed E-state index contributed by atoms with van der Waals surface area (Å²) in [5.41, 5.74) is 2.65. The Morgan fingerprint density at radius 3 is 2.74 bits per heavy atom. The van der Waals surface area contributed by atoms with Gasteiger partial charge in [0, 0.05) is 17.0 Å². The molecule has 0 spiro atoms. The third-order valence-corrected chi connectivity index (χ3v) is 4.60. The minimum atomic E-state index is -0.158. The lowest BCUT2D eigenvalue weighted by Crippen LogP contribution is -2.07. The molecule has 0 amide bonds. The van der Waals surface area contributed by atoms with Gasteiger partial charge in [-0.2, -0.15) is 0 Å². The molecule has 2 aliphatic heterocycles. The number of benzene rings is 2. The van der Waals surface area contributed by atoms with E-state index in [1.165, 1.54) is 0 Å². The van der Waals surface area contributed by atoms with Crippen LogP contribution in [-0.2, 0) is 0 Å². The molecule has 2 heterocycles. The molecule has 5 nitrogen and oxygen atoms in total. The molecule has 4 rings (SSSR count). The SMILES string of the molecule is COc1c(C)c(O)cc2c1O[C@H](c1ccc3c(c1)OCO3)C2C. The molecular weight excluding hydrogens is 296 g/mol. The quantitative estimate of drug-likeness (QED) is 0.916. The van der Waals surface area contributed by atoms with Crippen LogP contribution >= 0.6 is 0 Å². The first-order chi connectivity index (χ1) is 11.1. The maximum Gasteiger partial charge on any atom is 0.231 e. The van der Waals surface area contributed by atoms with E-state index in [9.17, 15) is 5.11 Å². The predicted molar refractivity (Wildman–Crippen MR) is 83.7 cm³/mol. The molecule has 0 aromatic heterocycles. The maximum atomic E-state index is 10.1. The Hall–Kier alpha value is -2.56. The second-order valence-corrected chi connectivity index (χ2v) is 5.91. The van der Waals surface area contributed by atoms with Gasteiger partial charge in [-0.05, 0) is 30.7 Å². The zero-order chi connectivity index (χ0) is 16.1. The maximum absolute atomic E-state index is 10.1. The smallest absolute Gasteiger partial charge is 0.231 e. The fourth-order valence-electron chi connectivity index (χ4n) is 3.28. The first-order valence-corrected chi connectivity index (χ1v) is 7.56. The highest BCUT2D eigenvalue weighted by Crippen LogP contribution is 2.53. The monoisotopic (exact) mass is 314 g/mol. The van der Waals surface area contributed by atoms with Gasteiger partial charge in [-0.25, -0.2) is 0 Å². The van der Waals surface area contributed by atoms with Gasteiger partial charge in [0.1, 0.15) is 11.9 Å². The zero-order valence-corrected chi connectivity index (χ0v) is 13.3. The first kappa shape index (κ1) is 14.1. The molecule has 1 unspecified atom stereocenters. The third kappa shape index (κ3) is 2.00. The van der Waals surface area contributed by atoms with E-state index in [-0.39, 0.29) is 24.6 Å². The van der Waals surface area contributed by atoms with Crippen molar-refractivity contribution in [2.45, 2.75) is 25.9 Å². The van der Waals surface area contributed by atoms with E-state index < -0.39 is 0 Å². The van der Waals surface area contributed by atoms with Gasteiger partial charge in [0.15, 0.2) is 23.0 Å². The van der Waals surface area contributed by atoms with Gasteiger partial charge in [0.05, 0.1) is 7.11 Å². The molecule has 0 aliphatic carbocycles. The minimum absolute atomic E-state index is 0.0887. The van der Waals surface area contributed by atoms with Crippen LogP contribution in [0, 0.1) is 6.92 Å². The van der Waals surface area contributed by atoms with E-state index in [0.29, 0.717) is 17.1 Å². The van der Waals surface area contributed by atoms with E-state index in [4.69, 9.17) is 18.9 Å². The zero-order valence-electron chi connectivity index (χ0n) is 13.3. The molecule has 2 aromatic rings. The second-order valence-electron chi connectivity index (χ2n) is 5.91. The van der Waals surface area contributed by atoms with Crippen molar-refractivity contribution in [3.05, 3.63) is 41.0 Å². The average Bonchev–Trinajstić information content (AvgIpc) is 3.13. The van der Waals surface area contributed by atoms with Gasteiger partial charge in [0.25, 0.3) is 0 Å². The van der Waals surface area contributed by atoms with Crippen molar-refractivity contribution in [1.29, 1.82) is 0 Å². The van der Waals surface area contributed by atoms with Crippen molar-refractivity contribution in [2.75, 3.05) is 13.9 Å². The Kier molecular flexibility index (Phi) is 3.04. The lowest BCUT2D eigenvalue weighted by atomic mass is 9.92. The van der Waals surface area contributed by atoms with Crippen molar-refractivity contribution in [3.63, 3.8) is 0 Å². The van der Waals surface area contributed by atoms with Crippen LogP contribution in [0.25, 0.3) is 0 Å². The van der Waals surface area contributed by atoms with Crippen LogP contribution in [0.2, 0.25) is 0 Å². The lowest BCUT2D eigenvalue weighted by molar-refractivity contribution is 0.173. The largest absolute Gasteiger partial charge is 0.508 e. The molecule has 0 bridgehead atoms. The molecule has 23 heavy (non-hydrogen) atoms. The number of phenols is 1. The van der Waals surface area contributed by atoms with Crippen LogP contribution < -0.4 is 18.9 Å². The highest BCUT2D eigenvalue weighted by atomic mass is 16.7. The van der Waals surface area contributed by atoms with Gasteiger partial charge in [-0.1, -0.05) is 13.0 Å². The van der Waals surface area contributed by atoms with Crippen LogP contribution in [0.4, 0.5) is 0 Å². The number of rotatable bonds is 2. The van der Waals surface area contributed by atoms with Crippen LogP contribution in [-0.4, -0.2) is 19.0 Å². The molecular formula is C18H18O5. The number of hydrogen-bond donors (Lipinski definition) is 1. The summed E-state index contributed by atoms with van der Waals surface area (Å²) in [5, 5.41) is 10.1. The molecule has 0 radical (unpaired) electrons. The van der Waals surface area contributed by atoms with Gasteiger partial charge in [-0.3, -0.25) is 0 Å². The fourth-order valence-corrected chi connectivity index (χ4v) is 3.28. The Bertz CT molecular complexity index is 783. The van der Waals surface area contributed by atoms with Gasteiger partial charge < -0.3 is 24.1 Å². The molecule has 120 valence electrons. The summed E-state index contributed by atoms with van der Waals surface area (Å²) in [7, 11) is 1.59. The average molecular weight is 314 g/mol. The van der Waals surface area contributed by atoms with E-state index in [0.717, 1.165) is 22.6 Å². The van der Waals surface area contributed by atoms with Crippen LogP contribution in [0.15, 0.2) is 24.3 Å². The predicted octanol–water partition coefficient (Wildman–Crippen LogP) is 3.68. The summed E-state index contributed by atoms with van der Waals surface area (Å²) in [4.78, 5) is 0. The molecule has 0 saturated carbocycles. The van der Waals surface area contributed by atoms with Gasteiger partial charge in [-0.15, -0.1) is 0 Å². The molecule has 0 saturated heterocycles. The summed E-state index contributed by atoms with van der Waals surface area (Å²) in [6.45, 7) is 4.15. The van der Waals surface area contributed by atoms with E-state index >= 15 is 0 Å². The first-order valence-electron chi connectivity index (χ1n) is 7.56. The normalized spacial score (nSPS) is 21.0. The summed E-state index contributed by atoms with van der Waals surface area (Å²) in [5.74, 6) is 3.10. The second kappa shape index (κ2) is 4.98. The van der Waals surface area contributed by atoms with Crippen LogP contribution in [0.3, 0.4) is 0 Å². The summed E-state index contributed by atoms with van der Waals surface area (Å²) >= 11 is 0. The van der Waals surface area contributed by atoms with E-state index in [2.05, 4.69) is 6.92 Å². The Balaban J connectivity index is 1.76. The molecule has 0 fully saturated rings.